The maximum absolute atomic E-state index is 7.20. The van der Waals surface area contributed by atoms with Gasteiger partial charge in [0, 0.05) is 0 Å². The van der Waals surface area contributed by atoms with Crippen molar-refractivity contribution >= 4 is 26.7 Å². The summed E-state index contributed by atoms with van der Waals surface area (Å²) in [5, 5.41) is 0.172. The topological polar surface area (TPSA) is 27.7 Å². The molecule has 0 N–H and O–H groups in total. The Morgan fingerprint density at radius 2 is 1.45 bits per heavy atom. The third-order valence-corrected chi connectivity index (χ3v) is 28.6. The summed E-state index contributed by atoms with van der Waals surface area (Å²) in [4.78, 5) is 0. The SMILES string of the molecule is CCC[CH2][Sn]([CH2]CCC)([CH2]CCC)[CH2]/C(=C\[C@H](C)OCOC)C[C@@H](O[Si](C)(C)C(C)(C)C)c1ccccc1. The zero-order valence-electron chi connectivity index (χ0n) is 26.8. The minimum atomic E-state index is -2.42. The van der Waals surface area contributed by atoms with Crippen molar-refractivity contribution in [2.75, 3.05) is 13.9 Å². The molecule has 1 aromatic carbocycles. The molecule has 220 valence electrons. The van der Waals surface area contributed by atoms with E-state index in [0.29, 0.717) is 6.79 Å². The van der Waals surface area contributed by atoms with Gasteiger partial charge in [0.1, 0.15) is 0 Å². The summed E-state index contributed by atoms with van der Waals surface area (Å²) in [5.41, 5.74) is 2.89. The summed E-state index contributed by atoms with van der Waals surface area (Å²) >= 11 is -2.42. The van der Waals surface area contributed by atoms with Crippen molar-refractivity contribution in [3.8, 4) is 0 Å². The number of benzene rings is 1. The normalized spacial score (nSPS) is 15.1. The van der Waals surface area contributed by atoms with E-state index in [2.05, 4.69) is 98.0 Å². The molecule has 2 atom stereocenters. The molecule has 0 heterocycles. The third kappa shape index (κ3) is 13.0. The van der Waals surface area contributed by atoms with Gasteiger partial charge in [-0.3, -0.25) is 0 Å². The van der Waals surface area contributed by atoms with Crippen LogP contribution in [0, 0.1) is 0 Å². The van der Waals surface area contributed by atoms with Crippen LogP contribution in [-0.2, 0) is 13.9 Å². The molecule has 0 aromatic heterocycles. The Kier molecular flexibility index (Phi) is 17.3. The van der Waals surface area contributed by atoms with Crippen molar-refractivity contribution in [1.29, 1.82) is 0 Å². The van der Waals surface area contributed by atoms with Gasteiger partial charge in [-0.05, 0) is 0 Å². The molecule has 0 fully saturated rings. The van der Waals surface area contributed by atoms with Crippen molar-refractivity contribution in [1.82, 2.24) is 0 Å². The molecular weight excluding hydrogens is 591 g/mol. The van der Waals surface area contributed by atoms with E-state index in [4.69, 9.17) is 13.9 Å². The fourth-order valence-electron chi connectivity index (χ4n) is 5.20. The van der Waals surface area contributed by atoms with Gasteiger partial charge in [0.2, 0.25) is 0 Å². The van der Waals surface area contributed by atoms with Crippen molar-refractivity contribution in [2.24, 2.45) is 0 Å². The van der Waals surface area contributed by atoms with Crippen LogP contribution in [0.1, 0.15) is 105 Å². The molecule has 0 spiro atoms. The molecule has 0 saturated carbocycles. The Morgan fingerprint density at radius 3 is 1.89 bits per heavy atom. The van der Waals surface area contributed by atoms with Gasteiger partial charge in [-0.1, -0.05) is 0 Å². The van der Waals surface area contributed by atoms with Gasteiger partial charge >= 0.3 is 244 Å². The molecular formula is C33H62O3SiSn. The number of ether oxygens (including phenoxy) is 2. The first-order chi connectivity index (χ1) is 17.9. The van der Waals surface area contributed by atoms with E-state index in [-0.39, 0.29) is 17.2 Å². The second-order valence-electron chi connectivity index (χ2n) is 13.1. The van der Waals surface area contributed by atoms with Crippen LogP contribution in [0.4, 0.5) is 0 Å². The van der Waals surface area contributed by atoms with E-state index < -0.39 is 26.7 Å². The van der Waals surface area contributed by atoms with Crippen LogP contribution in [0.25, 0.3) is 0 Å². The summed E-state index contributed by atoms with van der Waals surface area (Å²) in [6.07, 6.45) is 11.7. The molecule has 1 rings (SSSR count). The predicted octanol–water partition coefficient (Wildman–Crippen LogP) is 10.9. The predicted molar refractivity (Wildman–Crippen MR) is 172 cm³/mol. The molecule has 0 aliphatic heterocycles. The van der Waals surface area contributed by atoms with Gasteiger partial charge < -0.3 is 0 Å². The Hall–Kier alpha value is -0.144. The average molecular weight is 654 g/mol. The second kappa shape index (κ2) is 18.3. The molecule has 3 nitrogen and oxygen atoms in total. The Bertz CT molecular complexity index is 750. The number of hydrogen-bond acceptors (Lipinski definition) is 3. The molecule has 0 bridgehead atoms. The number of hydrogen-bond donors (Lipinski definition) is 0. The van der Waals surface area contributed by atoms with E-state index in [0.717, 1.165) is 6.42 Å². The molecule has 0 aliphatic carbocycles. The summed E-state index contributed by atoms with van der Waals surface area (Å²) in [6.45, 7) is 21.4. The van der Waals surface area contributed by atoms with Crippen LogP contribution >= 0.6 is 0 Å². The van der Waals surface area contributed by atoms with E-state index in [1.807, 2.05) is 0 Å². The maximum atomic E-state index is 7.20. The molecule has 0 aliphatic rings. The van der Waals surface area contributed by atoms with Gasteiger partial charge in [-0.25, -0.2) is 0 Å². The van der Waals surface area contributed by atoms with Crippen LogP contribution in [0.2, 0.25) is 35.9 Å². The molecule has 0 unspecified atom stereocenters. The Balaban J connectivity index is 3.51. The van der Waals surface area contributed by atoms with Gasteiger partial charge in [-0.2, -0.15) is 0 Å². The van der Waals surface area contributed by atoms with Crippen molar-refractivity contribution in [2.45, 2.75) is 141 Å². The van der Waals surface area contributed by atoms with E-state index >= 15 is 0 Å². The summed E-state index contributed by atoms with van der Waals surface area (Å²) in [7, 11) is -0.256. The zero-order chi connectivity index (χ0) is 28.7. The van der Waals surface area contributed by atoms with Gasteiger partial charge in [0.05, 0.1) is 0 Å². The number of unbranched alkanes of at least 4 members (excludes halogenated alkanes) is 3. The van der Waals surface area contributed by atoms with E-state index in [1.54, 1.807) is 12.7 Å². The number of rotatable bonds is 20. The first-order valence-corrected chi connectivity index (χ1v) is 26.4. The summed E-state index contributed by atoms with van der Waals surface area (Å²) < 4.78 is 24.4. The van der Waals surface area contributed by atoms with Crippen molar-refractivity contribution < 1.29 is 13.9 Å². The Morgan fingerprint density at radius 1 is 0.921 bits per heavy atom. The second-order valence-corrected chi connectivity index (χ2v) is 31.7. The summed E-state index contributed by atoms with van der Waals surface area (Å²) in [5.74, 6) is 0. The zero-order valence-corrected chi connectivity index (χ0v) is 30.7. The van der Waals surface area contributed by atoms with Gasteiger partial charge in [-0.15, -0.1) is 0 Å². The minimum absolute atomic E-state index is 0.0433. The van der Waals surface area contributed by atoms with Crippen LogP contribution < -0.4 is 0 Å². The van der Waals surface area contributed by atoms with Crippen molar-refractivity contribution in [3.63, 3.8) is 0 Å². The standard InChI is InChI=1S/C21H35O3Si.3C4H9.Sn/c1-17(14-18(2)23-16-22-6)15-20(19-12-10-9-11-13-19)24-25(7,8)21(3,4)5;3*1-3-4-2;/h9-14,18,20H,1,15-16H2,2-8H3;3*1,3-4H2,2H3;/b17-14+;;;;/t18-,20+;;;;/m0..../s1. The van der Waals surface area contributed by atoms with Crippen molar-refractivity contribution in [3.05, 3.63) is 47.5 Å². The third-order valence-electron chi connectivity index (χ3n) is 8.57. The first-order valence-electron chi connectivity index (χ1n) is 15.5. The van der Waals surface area contributed by atoms with E-state index in [9.17, 15) is 0 Å². The molecule has 5 heteroatoms. The van der Waals surface area contributed by atoms with Gasteiger partial charge in [0.25, 0.3) is 0 Å². The molecule has 0 amide bonds. The van der Waals surface area contributed by atoms with E-state index in [1.165, 1.54) is 61.8 Å². The fourth-order valence-corrected chi connectivity index (χ4v) is 23.1. The summed E-state index contributed by atoms with van der Waals surface area (Å²) in [6, 6.07) is 11.0. The van der Waals surface area contributed by atoms with Gasteiger partial charge in [0.15, 0.2) is 0 Å². The molecule has 38 heavy (non-hydrogen) atoms. The van der Waals surface area contributed by atoms with Crippen LogP contribution in [-0.4, -0.2) is 46.7 Å². The quantitative estimate of drug-likeness (QED) is 0.0796. The fraction of sp³-hybridized carbons (Fsp3) is 0.758. The molecule has 0 radical (unpaired) electrons. The number of methoxy groups -OCH3 is 1. The van der Waals surface area contributed by atoms with Crippen LogP contribution in [0.15, 0.2) is 42.0 Å². The first kappa shape index (κ1) is 35.9. The monoisotopic (exact) mass is 654 g/mol. The average Bonchev–Trinajstić information content (AvgIpc) is 2.87. The molecule has 1 aromatic rings. The van der Waals surface area contributed by atoms with Crippen LogP contribution in [0.3, 0.4) is 0 Å². The van der Waals surface area contributed by atoms with Crippen LogP contribution in [0.5, 0.6) is 0 Å². The molecule has 0 saturated heterocycles. The Labute approximate surface area is 242 Å².